The van der Waals surface area contributed by atoms with Crippen LogP contribution >= 0.6 is 0 Å². The van der Waals surface area contributed by atoms with Gasteiger partial charge in [-0.05, 0) is 6.92 Å². The number of hydrogen-bond acceptors (Lipinski definition) is 5. The van der Waals surface area contributed by atoms with Crippen molar-refractivity contribution in [2.75, 3.05) is 7.11 Å². The molecule has 0 aliphatic heterocycles. The minimum Gasteiger partial charge on any atom is -0.466 e. The first-order valence-electron chi connectivity index (χ1n) is 4.12. The van der Waals surface area contributed by atoms with Gasteiger partial charge in [0.15, 0.2) is 5.76 Å². The van der Waals surface area contributed by atoms with Crippen molar-refractivity contribution in [1.29, 1.82) is 0 Å². The zero-order chi connectivity index (χ0) is 10.4. The van der Waals surface area contributed by atoms with Crippen molar-refractivity contribution in [1.82, 2.24) is 10.5 Å². The van der Waals surface area contributed by atoms with Crippen LogP contribution in [0, 0.1) is 6.92 Å². The van der Waals surface area contributed by atoms with E-state index < -0.39 is 5.97 Å². The average molecular weight is 196 g/mol. The van der Waals surface area contributed by atoms with Crippen molar-refractivity contribution < 1.29 is 14.1 Å². The van der Waals surface area contributed by atoms with Crippen LogP contribution in [-0.2, 0) is 16.1 Å². The van der Waals surface area contributed by atoms with Gasteiger partial charge in [0.05, 0.1) is 19.3 Å². The highest BCUT2D eigenvalue weighted by Gasteiger charge is 1.97. The van der Waals surface area contributed by atoms with Crippen molar-refractivity contribution in [3.8, 4) is 0 Å². The Kier molecular flexibility index (Phi) is 3.72. The third-order valence-electron chi connectivity index (χ3n) is 1.49. The molecular weight excluding hydrogens is 184 g/mol. The van der Waals surface area contributed by atoms with E-state index in [1.54, 1.807) is 0 Å². The monoisotopic (exact) mass is 196 g/mol. The van der Waals surface area contributed by atoms with Crippen LogP contribution in [0.5, 0.6) is 0 Å². The lowest BCUT2D eigenvalue weighted by Crippen LogP contribution is -2.05. The van der Waals surface area contributed by atoms with Gasteiger partial charge in [-0.15, -0.1) is 0 Å². The van der Waals surface area contributed by atoms with E-state index in [4.69, 9.17) is 4.52 Å². The van der Waals surface area contributed by atoms with Gasteiger partial charge in [0.25, 0.3) is 0 Å². The van der Waals surface area contributed by atoms with E-state index in [0.29, 0.717) is 6.54 Å². The highest BCUT2D eigenvalue weighted by atomic mass is 16.5. The van der Waals surface area contributed by atoms with E-state index in [9.17, 15) is 4.79 Å². The first-order chi connectivity index (χ1) is 6.72. The molecule has 0 saturated carbocycles. The second-order valence-corrected chi connectivity index (χ2v) is 2.67. The Balaban J connectivity index is 2.28. The lowest BCUT2D eigenvalue weighted by atomic mass is 10.4. The van der Waals surface area contributed by atoms with Crippen LogP contribution in [0.4, 0.5) is 0 Å². The normalized spacial score (nSPS) is 10.4. The van der Waals surface area contributed by atoms with E-state index in [0.717, 1.165) is 11.5 Å². The summed E-state index contributed by atoms with van der Waals surface area (Å²) in [7, 11) is 1.33. The third kappa shape index (κ3) is 3.30. The minimum absolute atomic E-state index is 0.397. The number of nitrogens with zero attached hydrogens (tertiary/aromatic N) is 1. The number of aromatic nitrogens is 1. The quantitative estimate of drug-likeness (QED) is 0.569. The molecule has 5 nitrogen and oxygen atoms in total. The van der Waals surface area contributed by atoms with Crippen molar-refractivity contribution in [2.24, 2.45) is 0 Å². The van der Waals surface area contributed by atoms with Crippen molar-refractivity contribution >= 4 is 5.97 Å². The molecule has 0 amide bonds. The molecule has 1 N–H and O–H groups in total. The molecule has 76 valence electrons. The van der Waals surface area contributed by atoms with Gasteiger partial charge in [0.2, 0.25) is 0 Å². The molecule has 1 heterocycles. The molecule has 0 saturated heterocycles. The molecule has 1 rings (SSSR count). The number of nitrogens with one attached hydrogen (secondary N) is 1. The van der Waals surface area contributed by atoms with Crippen LogP contribution in [0.1, 0.15) is 11.5 Å². The number of methoxy groups -OCH3 is 1. The molecule has 0 aliphatic carbocycles. The number of esters is 1. The molecule has 5 heteroatoms. The van der Waals surface area contributed by atoms with Crippen LogP contribution in [-0.4, -0.2) is 18.2 Å². The fourth-order valence-corrected chi connectivity index (χ4v) is 0.854. The Morgan fingerprint density at radius 3 is 3.14 bits per heavy atom. The number of aryl methyl sites for hydroxylation is 1. The van der Waals surface area contributed by atoms with Gasteiger partial charge in [-0.2, -0.15) is 0 Å². The molecule has 1 aromatic heterocycles. The first-order valence-corrected chi connectivity index (χ1v) is 4.12. The van der Waals surface area contributed by atoms with Gasteiger partial charge in [-0.25, -0.2) is 4.79 Å². The summed E-state index contributed by atoms with van der Waals surface area (Å²) in [6, 6.07) is 1.82. The summed E-state index contributed by atoms with van der Waals surface area (Å²) in [5, 5.41) is 6.58. The highest BCUT2D eigenvalue weighted by molar-refractivity contribution is 5.81. The van der Waals surface area contributed by atoms with Gasteiger partial charge in [0, 0.05) is 18.3 Å². The summed E-state index contributed by atoms with van der Waals surface area (Å²) in [5.74, 6) is 0.322. The Morgan fingerprint density at radius 1 is 1.79 bits per heavy atom. The van der Waals surface area contributed by atoms with Gasteiger partial charge in [-0.1, -0.05) is 5.16 Å². The van der Waals surface area contributed by atoms with Crippen LogP contribution < -0.4 is 5.32 Å². The molecule has 0 aromatic carbocycles. The van der Waals surface area contributed by atoms with E-state index in [1.807, 2.05) is 13.0 Å². The van der Waals surface area contributed by atoms with Crippen LogP contribution in [0.15, 0.2) is 22.9 Å². The van der Waals surface area contributed by atoms with Crippen molar-refractivity contribution in [2.45, 2.75) is 13.5 Å². The number of hydrogen-bond donors (Lipinski definition) is 1. The molecule has 0 spiro atoms. The largest absolute Gasteiger partial charge is 0.466 e. The lowest BCUT2D eigenvalue weighted by molar-refractivity contribution is -0.134. The summed E-state index contributed by atoms with van der Waals surface area (Å²) in [5.41, 5.74) is 0.832. The summed E-state index contributed by atoms with van der Waals surface area (Å²) in [4.78, 5) is 10.6. The molecule has 0 unspecified atom stereocenters. The van der Waals surface area contributed by atoms with Crippen molar-refractivity contribution in [3.05, 3.63) is 29.8 Å². The summed E-state index contributed by atoms with van der Waals surface area (Å²) >= 11 is 0. The topological polar surface area (TPSA) is 64.4 Å². The summed E-state index contributed by atoms with van der Waals surface area (Å²) < 4.78 is 9.34. The Hall–Kier alpha value is -1.78. The van der Waals surface area contributed by atoms with E-state index in [1.165, 1.54) is 19.4 Å². The maximum absolute atomic E-state index is 10.6. The predicted octanol–water partition coefficient (Wildman–Crippen LogP) is 0.759. The van der Waals surface area contributed by atoms with Gasteiger partial charge in [0.1, 0.15) is 0 Å². The minimum atomic E-state index is -0.397. The van der Waals surface area contributed by atoms with Crippen molar-refractivity contribution in [3.63, 3.8) is 0 Å². The SMILES string of the molecule is COC(=O)/C=C/NCc1cc(C)no1. The van der Waals surface area contributed by atoms with E-state index in [2.05, 4.69) is 15.2 Å². The summed E-state index contributed by atoms with van der Waals surface area (Å²) in [6.07, 6.45) is 2.80. The zero-order valence-corrected chi connectivity index (χ0v) is 8.11. The van der Waals surface area contributed by atoms with Gasteiger partial charge >= 0.3 is 5.97 Å². The summed E-state index contributed by atoms with van der Waals surface area (Å²) in [6.45, 7) is 2.34. The Morgan fingerprint density at radius 2 is 2.57 bits per heavy atom. The highest BCUT2D eigenvalue weighted by Crippen LogP contribution is 2.00. The molecule has 0 bridgehead atoms. The van der Waals surface area contributed by atoms with E-state index >= 15 is 0 Å². The van der Waals surface area contributed by atoms with Crippen LogP contribution in [0.3, 0.4) is 0 Å². The molecule has 14 heavy (non-hydrogen) atoms. The number of carbonyl (C=O) groups is 1. The number of carbonyl (C=O) groups excluding carboxylic acids is 1. The second-order valence-electron chi connectivity index (χ2n) is 2.67. The van der Waals surface area contributed by atoms with Crippen LogP contribution in [0.25, 0.3) is 0 Å². The second kappa shape index (κ2) is 5.06. The smallest absolute Gasteiger partial charge is 0.331 e. The number of ether oxygens (including phenoxy) is 1. The molecule has 0 aliphatic rings. The van der Waals surface area contributed by atoms with Gasteiger partial charge in [-0.3, -0.25) is 0 Å². The zero-order valence-electron chi connectivity index (χ0n) is 8.11. The lowest BCUT2D eigenvalue weighted by Gasteiger charge is -1.94. The Bertz CT molecular complexity index is 331. The maximum atomic E-state index is 10.6. The maximum Gasteiger partial charge on any atom is 0.331 e. The number of rotatable bonds is 4. The van der Waals surface area contributed by atoms with E-state index in [-0.39, 0.29) is 0 Å². The Labute approximate surface area is 81.7 Å². The first kappa shape index (κ1) is 10.3. The molecule has 0 fully saturated rings. The van der Waals surface area contributed by atoms with Crippen LogP contribution in [0.2, 0.25) is 0 Å². The predicted molar refractivity (Wildman–Crippen MR) is 49.2 cm³/mol. The molecule has 0 radical (unpaired) electrons. The molecule has 0 atom stereocenters. The van der Waals surface area contributed by atoms with Gasteiger partial charge < -0.3 is 14.6 Å². The standard InChI is InChI=1S/C9H12N2O3/c1-7-5-8(14-11-7)6-10-4-3-9(12)13-2/h3-5,10H,6H2,1-2H3/b4-3+. The fraction of sp³-hybridized carbons (Fsp3) is 0.333. The average Bonchev–Trinajstić information content (AvgIpc) is 2.58. The molecule has 1 aromatic rings. The fourth-order valence-electron chi connectivity index (χ4n) is 0.854. The molecular formula is C9H12N2O3. The third-order valence-corrected chi connectivity index (χ3v) is 1.49.